The summed E-state index contributed by atoms with van der Waals surface area (Å²) in [4.78, 5) is 10.7. The predicted octanol–water partition coefficient (Wildman–Crippen LogP) is 0.992. The Morgan fingerprint density at radius 3 is 3.20 bits per heavy atom. The fraction of sp³-hybridized carbons (Fsp3) is 0.300. The number of aliphatic carboxylic acids is 1. The van der Waals surface area contributed by atoms with Crippen molar-refractivity contribution in [1.29, 1.82) is 0 Å². The highest BCUT2D eigenvalue weighted by molar-refractivity contribution is 5.70. The van der Waals surface area contributed by atoms with Crippen LogP contribution in [0.2, 0.25) is 0 Å². The van der Waals surface area contributed by atoms with Gasteiger partial charge in [-0.25, -0.2) is 4.52 Å². The molecule has 78 valence electrons. The van der Waals surface area contributed by atoms with Crippen molar-refractivity contribution >= 4 is 11.5 Å². The summed E-state index contributed by atoms with van der Waals surface area (Å²) < 4.78 is 1.64. The van der Waals surface area contributed by atoms with Crippen LogP contribution in [0.3, 0.4) is 0 Å². The van der Waals surface area contributed by atoms with Crippen LogP contribution >= 0.6 is 0 Å². The topological polar surface area (TPSA) is 67.5 Å². The van der Waals surface area contributed by atoms with Crippen molar-refractivity contribution in [3.8, 4) is 0 Å². The number of hydrogen-bond donors (Lipinski definition) is 1. The Hall–Kier alpha value is -1.91. The van der Waals surface area contributed by atoms with Crippen molar-refractivity contribution in [2.45, 2.75) is 13.3 Å². The van der Waals surface area contributed by atoms with E-state index >= 15 is 0 Å². The van der Waals surface area contributed by atoms with Crippen LogP contribution in [-0.4, -0.2) is 25.9 Å². The molecule has 0 amide bonds. The highest BCUT2D eigenvalue weighted by Gasteiger charge is 2.13. The Balaban J connectivity index is 2.35. The van der Waals surface area contributed by atoms with E-state index in [1.54, 1.807) is 23.8 Å². The van der Waals surface area contributed by atoms with E-state index in [9.17, 15) is 4.79 Å². The van der Waals surface area contributed by atoms with Crippen LogP contribution in [0.25, 0.3) is 5.52 Å². The summed E-state index contributed by atoms with van der Waals surface area (Å²) >= 11 is 0. The van der Waals surface area contributed by atoms with Gasteiger partial charge in [-0.15, -0.1) is 5.10 Å². The lowest BCUT2D eigenvalue weighted by Gasteiger charge is -2.06. The van der Waals surface area contributed by atoms with Gasteiger partial charge >= 0.3 is 5.97 Å². The first kappa shape index (κ1) is 9.64. The minimum atomic E-state index is -0.788. The van der Waals surface area contributed by atoms with Crippen molar-refractivity contribution in [3.05, 3.63) is 30.1 Å². The van der Waals surface area contributed by atoms with Gasteiger partial charge in [-0.2, -0.15) is 0 Å². The van der Waals surface area contributed by atoms with E-state index in [1.165, 1.54) is 0 Å². The third-order valence-corrected chi connectivity index (χ3v) is 2.38. The van der Waals surface area contributed by atoms with Crippen molar-refractivity contribution in [1.82, 2.24) is 14.8 Å². The zero-order valence-electron chi connectivity index (χ0n) is 8.29. The molecule has 0 fully saturated rings. The number of fused-ring (bicyclic) bond motifs is 1. The van der Waals surface area contributed by atoms with Crippen LogP contribution in [0.1, 0.15) is 12.5 Å². The van der Waals surface area contributed by atoms with E-state index in [2.05, 4.69) is 10.3 Å². The summed E-state index contributed by atoms with van der Waals surface area (Å²) in [5.41, 5.74) is 1.82. The number of carboxylic acids is 1. The zero-order chi connectivity index (χ0) is 10.8. The molecule has 0 bridgehead atoms. The van der Waals surface area contributed by atoms with Gasteiger partial charge in [0.15, 0.2) is 0 Å². The molecule has 5 nitrogen and oxygen atoms in total. The number of aromatic nitrogens is 3. The average Bonchev–Trinajstić information content (AvgIpc) is 2.66. The van der Waals surface area contributed by atoms with E-state index in [-0.39, 0.29) is 0 Å². The molecule has 0 spiro atoms. The van der Waals surface area contributed by atoms with Crippen LogP contribution in [0, 0.1) is 5.92 Å². The van der Waals surface area contributed by atoms with Gasteiger partial charge in [0.1, 0.15) is 0 Å². The smallest absolute Gasteiger partial charge is 0.306 e. The van der Waals surface area contributed by atoms with Crippen molar-refractivity contribution in [2.75, 3.05) is 0 Å². The average molecular weight is 205 g/mol. The van der Waals surface area contributed by atoms with Gasteiger partial charge in [-0.1, -0.05) is 18.2 Å². The number of nitrogens with zero attached hydrogens (tertiary/aromatic N) is 3. The van der Waals surface area contributed by atoms with Gasteiger partial charge in [0, 0.05) is 6.20 Å². The Bertz CT molecular complexity index is 492. The van der Waals surface area contributed by atoms with Crippen LogP contribution in [0.15, 0.2) is 24.5 Å². The quantitative estimate of drug-likeness (QED) is 0.811. The zero-order valence-corrected chi connectivity index (χ0v) is 8.29. The molecule has 1 atom stereocenters. The molecule has 0 aromatic carbocycles. The second kappa shape index (κ2) is 3.68. The lowest BCUT2D eigenvalue weighted by molar-refractivity contribution is -0.141. The van der Waals surface area contributed by atoms with Gasteiger partial charge in [-0.3, -0.25) is 4.79 Å². The minimum Gasteiger partial charge on any atom is -0.481 e. The molecule has 0 aliphatic rings. The lowest BCUT2D eigenvalue weighted by Crippen LogP contribution is -2.12. The van der Waals surface area contributed by atoms with Crippen molar-refractivity contribution in [3.63, 3.8) is 0 Å². The van der Waals surface area contributed by atoms with E-state index in [1.807, 2.05) is 12.1 Å². The van der Waals surface area contributed by atoms with Gasteiger partial charge < -0.3 is 5.11 Å². The molecule has 0 saturated heterocycles. The molecule has 0 aliphatic heterocycles. The first-order valence-corrected chi connectivity index (χ1v) is 4.69. The standard InChI is InChI=1S/C10H11N3O2/c1-7(10(14)15)5-8-3-2-4-13-9(8)6-11-12-13/h2-4,6-7H,5H2,1H3,(H,14,15). The molecule has 0 saturated carbocycles. The van der Waals surface area contributed by atoms with Gasteiger partial charge in [0.05, 0.1) is 17.6 Å². The second-order valence-corrected chi connectivity index (χ2v) is 3.54. The van der Waals surface area contributed by atoms with E-state index in [0.717, 1.165) is 11.1 Å². The molecular formula is C10H11N3O2. The first-order valence-electron chi connectivity index (χ1n) is 4.69. The van der Waals surface area contributed by atoms with Crippen LogP contribution in [0.5, 0.6) is 0 Å². The molecule has 15 heavy (non-hydrogen) atoms. The molecule has 2 aromatic heterocycles. The second-order valence-electron chi connectivity index (χ2n) is 3.54. The largest absolute Gasteiger partial charge is 0.481 e. The van der Waals surface area contributed by atoms with Gasteiger partial charge in [0.25, 0.3) is 0 Å². The fourth-order valence-electron chi connectivity index (χ4n) is 1.50. The van der Waals surface area contributed by atoms with Crippen molar-refractivity contribution < 1.29 is 9.90 Å². The van der Waals surface area contributed by atoms with E-state index in [0.29, 0.717) is 6.42 Å². The molecule has 2 aromatic rings. The Morgan fingerprint density at radius 1 is 1.67 bits per heavy atom. The minimum absolute atomic E-state index is 0.397. The summed E-state index contributed by atoms with van der Waals surface area (Å²) in [7, 11) is 0. The molecule has 1 unspecified atom stereocenters. The van der Waals surface area contributed by atoms with E-state index in [4.69, 9.17) is 5.11 Å². The highest BCUT2D eigenvalue weighted by Crippen LogP contribution is 2.14. The number of hydrogen-bond acceptors (Lipinski definition) is 3. The molecule has 2 rings (SSSR count). The maximum Gasteiger partial charge on any atom is 0.306 e. The van der Waals surface area contributed by atoms with Crippen LogP contribution < -0.4 is 0 Å². The van der Waals surface area contributed by atoms with Crippen LogP contribution in [0.4, 0.5) is 0 Å². The fourth-order valence-corrected chi connectivity index (χ4v) is 1.50. The predicted molar refractivity (Wildman–Crippen MR) is 53.5 cm³/mol. The molecule has 1 N–H and O–H groups in total. The molecular weight excluding hydrogens is 194 g/mol. The number of pyridine rings is 1. The summed E-state index contributed by atoms with van der Waals surface area (Å²) in [5, 5.41) is 16.5. The van der Waals surface area contributed by atoms with Crippen molar-refractivity contribution in [2.24, 2.45) is 5.92 Å². The summed E-state index contributed by atoms with van der Waals surface area (Å²) in [6.45, 7) is 1.69. The number of carboxylic acid groups (broad SMARTS) is 1. The Labute approximate surface area is 86.3 Å². The van der Waals surface area contributed by atoms with Crippen LogP contribution in [-0.2, 0) is 11.2 Å². The van der Waals surface area contributed by atoms with E-state index < -0.39 is 11.9 Å². The third-order valence-electron chi connectivity index (χ3n) is 2.38. The lowest BCUT2D eigenvalue weighted by atomic mass is 10.0. The number of carbonyl (C=O) groups is 1. The number of rotatable bonds is 3. The normalized spacial score (nSPS) is 12.9. The monoisotopic (exact) mass is 205 g/mol. The summed E-state index contributed by atoms with van der Waals surface area (Å²) in [6.07, 6.45) is 3.92. The van der Waals surface area contributed by atoms with Gasteiger partial charge in [0.2, 0.25) is 0 Å². The molecule has 0 radical (unpaired) electrons. The summed E-state index contributed by atoms with van der Waals surface area (Å²) in [6, 6.07) is 3.74. The maximum atomic E-state index is 10.7. The summed E-state index contributed by atoms with van der Waals surface area (Å²) in [5.74, 6) is -1.18. The SMILES string of the molecule is CC(Cc1cccn2nncc12)C(=O)O. The molecule has 2 heterocycles. The van der Waals surface area contributed by atoms with Gasteiger partial charge in [-0.05, 0) is 18.1 Å². The molecule has 5 heteroatoms. The highest BCUT2D eigenvalue weighted by atomic mass is 16.4. The third kappa shape index (κ3) is 1.81. The Kier molecular flexibility index (Phi) is 2.37. The maximum absolute atomic E-state index is 10.7. The Morgan fingerprint density at radius 2 is 2.47 bits per heavy atom. The first-order chi connectivity index (χ1) is 7.18. The molecule has 0 aliphatic carbocycles.